The molecule has 2 aliphatic rings. The average Bonchev–Trinajstić information content (AvgIpc) is 2.62. The zero-order chi connectivity index (χ0) is 11.1. The van der Waals surface area contributed by atoms with Gasteiger partial charge in [-0.2, -0.15) is 0 Å². The molecule has 1 saturated heterocycles. The molecule has 88 valence electrons. The molecular weight excluding hydrogens is 186 g/mol. The highest BCUT2D eigenvalue weighted by molar-refractivity contribution is 4.91. The summed E-state index contributed by atoms with van der Waals surface area (Å²) >= 11 is 0. The highest BCUT2D eigenvalue weighted by atomic mass is 16.3. The van der Waals surface area contributed by atoms with E-state index in [0.29, 0.717) is 5.92 Å². The van der Waals surface area contributed by atoms with Crippen LogP contribution in [0.4, 0.5) is 0 Å². The van der Waals surface area contributed by atoms with Crippen molar-refractivity contribution in [1.29, 1.82) is 0 Å². The van der Waals surface area contributed by atoms with E-state index in [1.807, 2.05) is 6.92 Å². The molecule has 0 amide bonds. The van der Waals surface area contributed by atoms with Gasteiger partial charge in [-0.15, -0.1) is 0 Å². The van der Waals surface area contributed by atoms with Crippen molar-refractivity contribution < 1.29 is 5.11 Å². The summed E-state index contributed by atoms with van der Waals surface area (Å²) < 4.78 is 0. The van der Waals surface area contributed by atoms with Gasteiger partial charge in [-0.05, 0) is 37.5 Å². The Balaban J connectivity index is 1.87. The minimum Gasteiger partial charge on any atom is -0.389 e. The maximum atomic E-state index is 10.3. The van der Waals surface area contributed by atoms with E-state index in [4.69, 9.17) is 0 Å². The van der Waals surface area contributed by atoms with Crippen molar-refractivity contribution in [3.05, 3.63) is 0 Å². The first-order valence-corrected chi connectivity index (χ1v) is 6.44. The summed E-state index contributed by atoms with van der Waals surface area (Å²) in [5.41, 5.74) is -0.515. The van der Waals surface area contributed by atoms with Crippen molar-refractivity contribution in [2.75, 3.05) is 19.6 Å². The molecule has 1 saturated carbocycles. The Morgan fingerprint density at radius 3 is 2.27 bits per heavy atom. The van der Waals surface area contributed by atoms with Crippen LogP contribution in [0, 0.1) is 17.8 Å². The van der Waals surface area contributed by atoms with Gasteiger partial charge in [-0.3, -0.25) is 4.90 Å². The Hall–Kier alpha value is -0.0800. The van der Waals surface area contributed by atoms with E-state index in [-0.39, 0.29) is 0 Å². The Morgan fingerprint density at radius 2 is 1.80 bits per heavy atom. The number of hydrogen-bond donors (Lipinski definition) is 1. The van der Waals surface area contributed by atoms with E-state index < -0.39 is 5.60 Å². The van der Waals surface area contributed by atoms with E-state index in [1.54, 1.807) is 0 Å². The lowest BCUT2D eigenvalue weighted by Gasteiger charge is -2.32. The zero-order valence-corrected chi connectivity index (χ0v) is 10.4. The summed E-state index contributed by atoms with van der Waals surface area (Å²) in [7, 11) is 0. The normalized spacial score (nSPS) is 35.8. The van der Waals surface area contributed by atoms with Gasteiger partial charge < -0.3 is 5.11 Å². The Bertz CT molecular complexity index is 213. The standard InChI is InChI=1S/C13H25NO/c1-10(2)13(3,15)9-14-7-11-5-4-6-12(11)8-14/h10-12,15H,4-9H2,1-3H3. The van der Waals surface area contributed by atoms with E-state index in [9.17, 15) is 5.11 Å². The molecule has 3 atom stereocenters. The largest absolute Gasteiger partial charge is 0.389 e. The van der Waals surface area contributed by atoms with Gasteiger partial charge >= 0.3 is 0 Å². The van der Waals surface area contributed by atoms with Gasteiger partial charge in [0, 0.05) is 19.6 Å². The van der Waals surface area contributed by atoms with Crippen molar-refractivity contribution in [1.82, 2.24) is 4.90 Å². The number of likely N-dealkylation sites (tertiary alicyclic amines) is 1. The number of β-amino-alcohol motifs (C(OH)–C–C–N with tert-alkyl or cyclic N) is 1. The monoisotopic (exact) mass is 211 g/mol. The molecule has 1 heterocycles. The highest BCUT2D eigenvalue weighted by Gasteiger charge is 2.38. The second-order valence-corrected chi connectivity index (χ2v) is 6.16. The first kappa shape index (κ1) is 11.4. The van der Waals surface area contributed by atoms with Gasteiger partial charge in [-0.1, -0.05) is 20.3 Å². The van der Waals surface area contributed by atoms with Gasteiger partial charge in [0.2, 0.25) is 0 Å². The molecule has 0 bridgehead atoms. The number of rotatable bonds is 3. The second-order valence-electron chi connectivity index (χ2n) is 6.16. The summed E-state index contributed by atoms with van der Waals surface area (Å²) in [6, 6.07) is 0. The molecule has 2 fully saturated rings. The van der Waals surface area contributed by atoms with Crippen LogP contribution in [0.3, 0.4) is 0 Å². The summed E-state index contributed by atoms with van der Waals surface area (Å²) in [5, 5.41) is 10.3. The Kier molecular flexibility index (Phi) is 3.09. The van der Waals surface area contributed by atoms with Crippen LogP contribution in [0.5, 0.6) is 0 Å². The number of aliphatic hydroxyl groups is 1. The second kappa shape index (κ2) is 4.06. The molecule has 2 heteroatoms. The molecule has 15 heavy (non-hydrogen) atoms. The van der Waals surface area contributed by atoms with Crippen LogP contribution >= 0.6 is 0 Å². The molecule has 2 nitrogen and oxygen atoms in total. The van der Waals surface area contributed by atoms with Crippen molar-refractivity contribution in [2.45, 2.75) is 45.6 Å². The van der Waals surface area contributed by atoms with Gasteiger partial charge in [0.25, 0.3) is 0 Å². The first-order valence-electron chi connectivity index (χ1n) is 6.44. The SMILES string of the molecule is CC(C)C(C)(O)CN1CC2CCCC2C1. The fourth-order valence-corrected chi connectivity index (χ4v) is 3.10. The molecule has 1 aliphatic heterocycles. The van der Waals surface area contributed by atoms with E-state index >= 15 is 0 Å². The van der Waals surface area contributed by atoms with Crippen LogP contribution in [0.1, 0.15) is 40.0 Å². The van der Waals surface area contributed by atoms with Crippen molar-refractivity contribution in [3.63, 3.8) is 0 Å². The fraction of sp³-hybridized carbons (Fsp3) is 1.00. The lowest BCUT2D eigenvalue weighted by molar-refractivity contribution is -0.0152. The van der Waals surface area contributed by atoms with Gasteiger partial charge in [0.15, 0.2) is 0 Å². The van der Waals surface area contributed by atoms with Crippen LogP contribution in [0.15, 0.2) is 0 Å². The fourth-order valence-electron chi connectivity index (χ4n) is 3.10. The van der Waals surface area contributed by atoms with Gasteiger partial charge in [0.1, 0.15) is 0 Å². The average molecular weight is 211 g/mol. The third-order valence-electron chi connectivity index (χ3n) is 4.59. The quantitative estimate of drug-likeness (QED) is 0.773. The molecule has 0 radical (unpaired) electrons. The molecule has 0 aromatic carbocycles. The highest BCUT2D eigenvalue weighted by Crippen LogP contribution is 2.38. The van der Waals surface area contributed by atoms with Gasteiger partial charge in [0.05, 0.1) is 5.60 Å². The lowest BCUT2D eigenvalue weighted by atomic mass is 9.92. The molecule has 2 rings (SSSR count). The zero-order valence-electron chi connectivity index (χ0n) is 10.4. The third kappa shape index (κ3) is 2.36. The van der Waals surface area contributed by atoms with Gasteiger partial charge in [-0.25, -0.2) is 0 Å². The van der Waals surface area contributed by atoms with Crippen molar-refractivity contribution in [3.8, 4) is 0 Å². The van der Waals surface area contributed by atoms with Crippen LogP contribution in [0.25, 0.3) is 0 Å². The predicted molar refractivity (Wildman–Crippen MR) is 62.7 cm³/mol. The van der Waals surface area contributed by atoms with E-state index in [2.05, 4.69) is 18.7 Å². The molecule has 0 aromatic heterocycles. The maximum Gasteiger partial charge on any atom is 0.0768 e. The molecule has 0 spiro atoms. The van der Waals surface area contributed by atoms with E-state index in [1.165, 1.54) is 32.4 Å². The van der Waals surface area contributed by atoms with Crippen LogP contribution < -0.4 is 0 Å². The summed E-state index contributed by atoms with van der Waals surface area (Å²) in [6.45, 7) is 9.51. The van der Waals surface area contributed by atoms with Crippen molar-refractivity contribution >= 4 is 0 Å². The number of fused-ring (bicyclic) bond motifs is 1. The maximum absolute atomic E-state index is 10.3. The molecule has 0 aromatic rings. The minimum absolute atomic E-state index is 0.345. The predicted octanol–water partition coefficient (Wildman–Crippen LogP) is 2.13. The van der Waals surface area contributed by atoms with Crippen molar-refractivity contribution in [2.24, 2.45) is 17.8 Å². The number of hydrogen-bond acceptors (Lipinski definition) is 2. The third-order valence-corrected chi connectivity index (χ3v) is 4.59. The smallest absolute Gasteiger partial charge is 0.0768 e. The Morgan fingerprint density at radius 1 is 1.27 bits per heavy atom. The topological polar surface area (TPSA) is 23.5 Å². The van der Waals surface area contributed by atoms with Crippen LogP contribution in [0.2, 0.25) is 0 Å². The van der Waals surface area contributed by atoms with Crippen LogP contribution in [-0.4, -0.2) is 35.2 Å². The summed E-state index contributed by atoms with van der Waals surface area (Å²) in [6.07, 6.45) is 4.28. The molecular formula is C13H25NO. The van der Waals surface area contributed by atoms with E-state index in [0.717, 1.165) is 18.4 Å². The Labute approximate surface area is 93.7 Å². The number of nitrogens with zero attached hydrogens (tertiary/aromatic N) is 1. The first-order chi connectivity index (χ1) is 6.99. The summed E-state index contributed by atoms with van der Waals surface area (Å²) in [4.78, 5) is 2.48. The molecule has 1 N–H and O–H groups in total. The van der Waals surface area contributed by atoms with Crippen LogP contribution in [-0.2, 0) is 0 Å². The molecule has 3 unspecified atom stereocenters. The molecule has 1 aliphatic carbocycles. The minimum atomic E-state index is -0.515. The summed E-state index contributed by atoms with van der Waals surface area (Å²) in [5.74, 6) is 2.22. The lowest BCUT2D eigenvalue weighted by Crippen LogP contribution is -2.44.